The maximum absolute atomic E-state index is 13.2. The first kappa shape index (κ1) is 25.3. The number of ether oxygens (including phenoxy) is 2. The number of aliphatic hydroxyl groups is 1. The lowest BCUT2D eigenvalue weighted by atomic mass is 9.94. The number of carbonyl (C=O) groups excluding carboxylic acids is 2. The summed E-state index contributed by atoms with van der Waals surface area (Å²) in [6, 6.07) is 11.9. The topological polar surface area (TPSA) is 79.3 Å². The predicted molar refractivity (Wildman–Crippen MR) is 132 cm³/mol. The van der Waals surface area contributed by atoms with Crippen molar-refractivity contribution in [1.82, 2.24) is 9.80 Å². The number of aryl methyl sites for hydroxylation is 1. The molecule has 34 heavy (non-hydrogen) atoms. The highest BCUT2D eigenvalue weighted by Crippen LogP contribution is 2.40. The molecule has 2 aromatic carbocycles. The average Bonchev–Trinajstić information content (AvgIpc) is 3.09. The molecule has 0 spiro atoms. The van der Waals surface area contributed by atoms with Gasteiger partial charge < -0.3 is 24.4 Å². The fraction of sp³-hybridized carbons (Fsp3) is 0.407. The van der Waals surface area contributed by atoms with Crippen molar-refractivity contribution in [3.05, 3.63) is 64.7 Å². The van der Waals surface area contributed by atoms with Crippen molar-refractivity contribution in [1.29, 1.82) is 0 Å². The number of amides is 1. The number of likely N-dealkylation sites (N-methyl/N-ethyl adjacent to an activating group) is 1. The SMILES string of the molecule is CCOc1ccc(/C(O)=C2/C(=O)C(=O)N(CCN(CC)CC)C2c2ccc(OC)cc2)c(C)c1. The average molecular weight is 467 g/mol. The van der Waals surface area contributed by atoms with Gasteiger partial charge in [0.1, 0.15) is 17.3 Å². The smallest absolute Gasteiger partial charge is 0.295 e. The molecule has 1 aliphatic heterocycles. The van der Waals surface area contributed by atoms with Gasteiger partial charge in [0.2, 0.25) is 0 Å². The summed E-state index contributed by atoms with van der Waals surface area (Å²) < 4.78 is 10.8. The normalized spacial score (nSPS) is 17.5. The molecule has 182 valence electrons. The minimum absolute atomic E-state index is 0.0990. The molecule has 3 rings (SSSR count). The lowest BCUT2D eigenvalue weighted by molar-refractivity contribution is -0.140. The van der Waals surface area contributed by atoms with Crippen LogP contribution in [0.4, 0.5) is 0 Å². The largest absolute Gasteiger partial charge is 0.507 e. The van der Waals surface area contributed by atoms with Gasteiger partial charge in [-0.15, -0.1) is 0 Å². The third kappa shape index (κ3) is 5.09. The van der Waals surface area contributed by atoms with E-state index in [9.17, 15) is 14.7 Å². The number of rotatable bonds is 10. The lowest BCUT2D eigenvalue weighted by Crippen LogP contribution is -2.38. The molecule has 1 N–H and O–H groups in total. The zero-order chi connectivity index (χ0) is 24.8. The molecular formula is C27H34N2O5. The summed E-state index contributed by atoms with van der Waals surface area (Å²) in [5.41, 5.74) is 2.10. The number of hydrogen-bond donors (Lipinski definition) is 1. The van der Waals surface area contributed by atoms with Crippen LogP contribution in [0.1, 0.15) is 43.5 Å². The van der Waals surface area contributed by atoms with E-state index in [1.54, 1.807) is 36.3 Å². The number of benzene rings is 2. The zero-order valence-corrected chi connectivity index (χ0v) is 20.6. The third-order valence-electron chi connectivity index (χ3n) is 6.29. The van der Waals surface area contributed by atoms with Crippen LogP contribution < -0.4 is 9.47 Å². The number of carbonyl (C=O) groups is 2. The van der Waals surface area contributed by atoms with Gasteiger partial charge in [-0.1, -0.05) is 26.0 Å². The standard InChI is InChI=1S/C27H34N2O5/c1-6-28(7-2)15-16-29-24(19-9-11-20(33-5)12-10-19)23(26(31)27(29)32)25(30)22-14-13-21(34-8-3)17-18(22)4/h9-14,17,24,30H,6-8,15-16H2,1-5H3/b25-23-. The van der Waals surface area contributed by atoms with E-state index in [-0.39, 0.29) is 11.3 Å². The first-order chi connectivity index (χ1) is 16.4. The second kappa shape index (κ2) is 11.2. The van der Waals surface area contributed by atoms with Gasteiger partial charge in [0.05, 0.1) is 25.3 Å². The van der Waals surface area contributed by atoms with E-state index in [1.165, 1.54) is 0 Å². The Morgan fingerprint density at radius 1 is 1.03 bits per heavy atom. The number of methoxy groups -OCH3 is 1. The van der Waals surface area contributed by atoms with E-state index in [4.69, 9.17) is 9.47 Å². The summed E-state index contributed by atoms with van der Waals surface area (Å²) in [6.45, 7) is 11.1. The molecule has 0 saturated carbocycles. The van der Waals surface area contributed by atoms with Gasteiger partial charge in [-0.05, 0) is 68.4 Å². The van der Waals surface area contributed by atoms with Crippen LogP contribution in [0.3, 0.4) is 0 Å². The van der Waals surface area contributed by atoms with E-state index >= 15 is 0 Å². The van der Waals surface area contributed by atoms with E-state index in [2.05, 4.69) is 18.7 Å². The van der Waals surface area contributed by atoms with Gasteiger partial charge in [-0.2, -0.15) is 0 Å². The first-order valence-electron chi connectivity index (χ1n) is 11.7. The van der Waals surface area contributed by atoms with Gasteiger partial charge in [0.15, 0.2) is 0 Å². The quantitative estimate of drug-likeness (QED) is 0.322. The Balaban J connectivity index is 2.10. The summed E-state index contributed by atoms with van der Waals surface area (Å²) in [7, 11) is 1.58. The minimum atomic E-state index is -0.688. The van der Waals surface area contributed by atoms with Gasteiger partial charge in [-0.25, -0.2) is 0 Å². The molecule has 1 saturated heterocycles. The molecule has 1 atom stereocenters. The second-order valence-electron chi connectivity index (χ2n) is 8.20. The van der Waals surface area contributed by atoms with Crippen molar-refractivity contribution >= 4 is 17.4 Å². The van der Waals surface area contributed by atoms with Gasteiger partial charge >= 0.3 is 0 Å². The molecule has 1 heterocycles. The van der Waals surface area contributed by atoms with Crippen LogP contribution >= 0.6 is 0 Å². The summed E-state index contributed by atoms with van der Waals surface area (Å²) in [6.07, 6.45) is 0. The Labute approximate surface area is 201 Å². The molecule has 0 aliphatic carbocycles. The van der Waals surface area contributed by atoms with Crippen LogP contribution in [-0.4, -0.2) is 66.5 Å². The van der Waals surface area contributed by atoms with Crippen LogP contribution in [0.25, 0.3) is 5.76 Å². The van der Waals surface area contributed by atoms with Crippen molar-refractivity contribution in [2.75, 3.05) is 39.9 Å². The van der Waals surface area contributed by atoms with Crippen LogP contribution in [0.5, 0.6) is 11.5 Å². The highest BCUT2D eigenvalue weighted by molar-refractivity contribution is 6.46. The summed E-state index contributed by atoms with van der Waals surface area (Å²) in [4.78, 5) is 30.1. The maximum Gasteiger partial charge on any atom is 0.295 e. The summed E-state index contributed by atoms with van der Waals surface area (Å²) in [5.74, 6) is -0.0940. The molecule has 1 aliphatic rings. The van der Waals surface area contributed by atoms with Crippen LogP contribution in [0, 0.1) is 6.92 Å². The number of nitrogens with zero attached hydrogens (tertiary/aromatic N) is 2. The highest BCUT2D eigenvalue weighted by Gasteiger charge is 2.46. The van der Waals surface area contributed by atoms with Crippen LogP contribution in [0.2, 0.25) is 0 Å². The molecule has 0 radical (unpaired) electrons. The van der Waals surface area contributed by atoms with E-state index in [1.807, 2.05) is 32.0 Å². The van der Waals surface area contributed by atoms with Gasteiger partial charge in [-0.3, -0.25) is 9.59 Å². The fourth-order valence-electron chi connectivity index (χ4n) is 4.34. The summed E-state index contributed by atoms with van der Waals surface area (Å²) >= 11 is 0. The van der Waals surface area contributed by atoms with Crippen molar-refractivity contribution in [2.45, 2.75) is 33.7 Å². The first-order valence-corrected chi connectivity index (χ1v) is 11.7. The Kier molecular flexibility index (Phi) is 8.34. The molecular weight excluding hydrogens is 432 g/mol. The van der Waals surface area contributed by atoms with E-state index in [0.717, 1.165) is 24.2 Å². The highest BCUT2D eigenvalue weighted by atomic mass is 16.5. The van der Waals surface area contributed by atoms with Crippen molar-refractivity contribution in [3.8, 4) is 11.5 Å². The maximum atomic E-state index is 13.2. The number of aliphatic hydroxyl groups excluding tert-OH is 1. The Morgan fingerprint density at radius 2 is 1.68 bits per heavy atom. The Bertz CT molecular complexity index is 1060. The number of ketones is 1. The monoisotopic (exact) mass is 466 g/mol. The lowest BCUT2D eigenvalue weighted by Gasteiger charge is -2.28. The Hall–Kier alpha value is -3.32. The molecule has 1 unspecified atom stereocenters. The Morgan fingerprint density at radius 3 is 2.24 bits per heavy atom. The molecule has 7 nitrogen and oxygen atoms in total. The molecule has 1 amide bonds. The fourth-order valence-corrected chi connectivity index (χ4v) is 4.34. The van der Waals surface area contributed by atoms with Crippen molar-refractivity contribution in [3.63, 3.8) is 0 Å². The molecule has 7 heteroatoms. The molecule has 1 fully saturated rings. The van der Waals surface area contributed by atoms with E-state index < -0.39 is 17.7 Å². The van der Waals surface area contributed by atoms with Crippen molar-refractivity contribution < 1.29 is 24.2 Å². The van der Waals surface area contributed by atoms with Crippen LogP contribution in [-0.2, 0) is 9.59 Å². The number of hydrogen-bond acceptors (Lipinski definition) is 6. The summed E-state index contributed by atoms with van der Waals surface area (Å²) in [5, 5.41) is 11.3. The predicted octanol–water partition coefficient (Wildman–Crippen LogP) is 4.17. The van der Waals surface area contributed by atoms with Gasteiger partial charge in [0, 0.05) is 18.7 Å². The van der Waals surface area contributed by atoms with Crippen molar-refractivity contribution in [2.24, 2.45) is 0 Å². The molecule has 0 aromatic heterocycles. The van der Waals surface area contributed by atoms with Gasteiger partial charge in [0.25, 0.3) is 11.7 Å². The number of Topliss-reactive ketones (excluding diaryl/α,β-unsaturated/α-hetero) is 1. The third-order valence-corrected chi connectivity index (χ3v) is 6.29. The minimum Gasteiger partial charge on any atom is -0.507 e. The zero-order valence-electron chi connectivity index (χ0n) is 20.6. The second-order valence-corrected chi connectivity index (χ2v) is 8.20. The molecule has 2 aromatic rings. The van der Waals surface area contributed by atoms with E-state index in [0.29, 0.717) is 36.8 Å². The number of likely N-dealkylation sites (tertiary alicyclic amines) is 1. The van der Waals surface area contributed by atoms with Crippen LogP contribution in [0.15, 0.2) is 48.0 Å². The molecule has 0 bridgehead atoms.